The number of likely N-dealkylation sites (tertiary alicyclic amines) is 2. The van der Waals surface area contributed by atoms with Gasteiger partial charge in [-0.25, -0.2) is 0 Å². The van der Waals surface area contributed by atoms with E-state index in [4.69, 9.17) is 9.47 Å². The SMILES string of the molecule is CN[C@@H](C)C(=O)N[C@H](C(=O)N1CCC[C@H]1CNC1CCCc2ccccc21)[C@H](C)OCC#CC#CCO[C@@H](C)[C@H](NC(=O)[C@@H](C)NC)C(=O)N1CCC[C@H]1CNC1CCCc2ccccc21. The maximum absolute atomic E-state index is 14.2. The molecule has 4 aliphatic rings. The van der Waals surface area contributed by atoms with Gasteiger partial charge in [-0.15, -0.1) is 0 Å². The zero-order valence-electron chi connectivity index (χ0n) is 40.0. The lowest BCUT2D eigenvalue weighted by molar-refractivity contribution is -0.141. The van der Waals surface area contributed by atoms with E-state index in [0.717, 1.165) is 64.2 Å². The Labute approximate surface area is 393 Å². The fourth-order valence-electron chi connectivity index (χ4n) is 9.80. The van der Waals surface area contributed by atoms with E-state index in [9.17, 15) is 19.2 Å². The van der Waals surface area contributed by atoms with Gasteiger partial charge < -0.3 is 51.2 Å². The first kappa shape index (κ1) is 50.6. The normalized spacial score (nSPS) is 22.8. The smallest absolute Gasteiger partial charge is 0.248 e. The number of fused-ring (bicyclic) bond motifs is 2. The first-order valence-electron chi connectivity index (χ1n) is 24.4. The van der Waals surface area contributed by atoms with Crippen LogP contribution in [0.4, 0.5) is 0 Å². The van der Waals surface area contributed by atoms with Crippen molar-refractivity contribution in [1.82, 2.24) is 41.7 Å². The summed E-state index contributed by atoms with van der Waals surface area (Å²) in [4.78, 5) is 58.5. The van der Waals surface area contributed by atoms with E-state index < -0.39 is 36.4 Å². The summed E-state index contributed by atoms with van der Waals surface area (Å²) in [5.41, 5.74) is 5.47. The Balaban J connectivity index is 1.01. The fraction of sp³-hybridized carbons (Fsp3) is 0.615. The molecule has 358 valence electrons. The molecule has 14 heteroatoms. The molecule has 10 atom stereocenters. The maximum Gasteiger partial charge on any atom is 0.248 e. The van der Waals surface area contributed by atoms with Crippen LogP contribution >= 0.6 is 0 Å². The van der Waals surface area contributed by atoms with E-state index in [-0.39, 0.29) is 61.0 Å². The zero-order valence-corrected chi connectivity index (χ0v) is 40.0. The Hall–Kier alpha value is -4.80. The van der Waals surface area contributed by atoms with Crippen molar-refractivity contribution in [3.05, 3.63) is 70.8 Å². The van der Waals surface area contributed by atoms with Crippen LogP contribution in [0.1, 0.15) is 113 Å². The molecule has 0 radical (unpaired) electrons. The summed E-state index contributed by atoms with van der Waals surface area (Å²) in [5.74, 6) is 10.5. The summed E-state index contributed by atoms with van der Waals surface area (Å²) in [6.45, 7) is 9.63. The number of benzene rings is 2. The molecule has 0 aromatic heterocycles. The van der Waals surface area contributed by atoms with Crippen molar-refractivity contribution in [2.45, 2.75) is 152 Å². The summed E-state index contributed by atoms with van der Waals surface area (Å²) < 4.78 is 12.1. The number of carbonyl (C=O) groups is 4. The van der Waals surface area contributed by atoms with E-state index in [1.807, 2.05) is 9.80 Å². The van der Waals surface area contributed by atoms with Crippen LogP contribution in [-0.4, -0.2) is 135 Å². The Bertz CT molecular complexity index is 1930. The highest BCUT2D eigenvalue weighted by atomic mass is 16.5. The predicted octanol–water partition coefficient (Wildman–Crippen LogP) is 3.31. The van der Waals surface area contributed by atoms with Gasteiger partial charge in [0.2, 0.25) is 23.6 Å². The van der Waals surface area contributed by atoms with Crippen molar-refractivity contribution < 1.29 is 28.7 Å². The summed E-state index contributed by atoms with van der Waals surface area (Å²) in [7, 11) is 3.41. The molecule has 0 saturated carbocycles. The minimum atomic E-state index is -0.902. The highest BCUT2D eigenvalue weighted by molar-refractivity contribution is 5.91. The first-order valence-corrected chi connectivity index (χ1v) is 24.4. The van der Waals surface area contributed by atoms with Gasteiger partial charge in [-0.05, 0) is 140 Å². The molecular formula is C52H74N8O6. The molecule has 2 heterocycles. The fourth-order valence-corrected chi connectivity index (χ4v) is 9.80. The number of ether oxygens (including phenoxy) is 2. The highest BCUT2D eigenvalue weighted by Gasteiger charge is 2.39. The van der Waals surface area contributed by atoms with E-state index in [1.54, 1.807) is 41.8 Å². The third kappa shape index (κ3) is 13.4. The summed E-state index contributed by atoms with van der Waals surface area (Å²) in [6, 6.07) is 14.9. The second kappa shape index (κ2) is 25.4. The number of aryl methyl sites for hydroxylation is 2. The number of amides is 4. The van der Waals surface area contributed by atoms with E-state index in [2.05, 4.69) is 104 Å². The van der Waals surface area contributed by atoms with Crippen LogP contribution in [0.25, 0.3) is 0 Å². The number of carbonyl (C=O) groups excluding carboxylic acids is 4. The number of hydrogen-bond donors (Lipinski definition) is 6. The molecule has 2 aliphatic heterocycles. The van der Waals surface area contributed by atoms with E-state index in [1.165, 1.54) is 22.3 Å². The van der Waals surface area contributed by atoms with Crippen molar-refractivity contribution >= 4 is 23.6 Å². The van der Waals surface area contributed by atoms with E-state index >= 15 is 0 Å². The van der Waals surface area contributed by atoms with Crippen LogP contribution in [-0.2, 0) is 41.5 Å². The summed E-state index contributed by atoms with van der Waals surface area (Å²) in [6.07, 6.45) is 8.80. The van der Waals surface area contributed by atoms with Crippen LogP contribution in [0, 0.1) is 23.7 Å². The topological polar surface area (TPSA) is 165 Å². The lowest BCUT2D eigenvalue weighted by atomic mass is 9.87. The Morgan fingerprint density at radius 2 is 1.02 bits per heavy atom. The third-order valence-corrected chi connectivity index (χ3v) is 14.1. The van der Waals surface area contributed by atoms with Crippen LogP contribution in [0.3, 0.4) is 0 Å². The minimum absolute atomic E-state index is 0.00570. The number of nitrogens with one attached hydrogen (secondary N) is 6. The molecule has 2 fully saturated rings. The quantitative estimate of drug-likeness (QED) is 0.109. The molecule has 0 bridgehead atoms. The van der Waals surface area contributed by atoms with Gasteiger partial charge >= 0.3 is 0 Å². The van der Waals surface area contributed by atoms with Gasteiger partial charge in [0, 0.05) is 50.3 Å². The van der Waals surface area contributed by atoms with Gasteiger partial charge in [0.15, 0.2) is 0 Å². The van der Waals surface area contributed by atoms with Gasteiger partial charge in [-0.1, -0.05) is 60.4 Å². The average Bonchev–Trinajstić information content (AvgIpc) is 4.03. The van der Waals surface area contributed by atoms with Gasteiger partial charge in [0.1, 0.15) is 25.3 Å². The molecule has 2 aromatic carbocycles. The van der Waals surface area contributed by atoms with Crippen molar-refractivity contribution in [2.24, 2.45) is 0 Å². The largest absolute Gasteiger partial charge is 0.363 e. The monoisotopic (exact) mass is 907 g/mol. The third-order valence-electron chi connectivity index (χ3n) is 14.1. The average molecular weight is 907 g/mol. The van der Waals surface area contributed by atoms with E-state index in [0.29, 0.717) is 26.2 Å². The Kier molecular flexibility index (Phi) is 19.5. The molecule has 2 unspecified atom stereocenters. The zero-order chi connectivity index (χ0) is 47.0. The molecule has 14 nitrogen and oxygen atoms in total. The molecule has 0 spiro atoms. The number of likely N-dealkylation sites (N-methyl/N-ethyl adjacent to an activating group) is 2. The summed E-state index contributed by atoms with van der Waals surface area (Å²) in [5, 5.41) is 19.3. The van der Waals surface area contributed by atoms with Crippen molar-refractivity contribution in [2.75, 3.05) is 53.5 Å². The molecule has 6 rings (SSSR count). The predicted molar refractivity (Wildman–Crippen MR) is 257 cm³/mol. The van der Waals surface area contributed by atoms with Crippen molar-refractivity contribution in [3.63, 3.8) is 0 Å². The lowest BCUT2D eigenvalue weighted by Crippen LogP contribution is -2.58. The Morgan fingerprint density at radius 1 is 0.606 bits per heavy atom. The summed E-state index contributed by atoms with van der Waals surface area (Å²) >= 11 is 0. The number of rotatable bonds is 20. The molecular weight excluding hydrogens is 833 g/mol. The van der Waals surface area contributed by atoms with Crippen LogP contribution in [0.5, 0.6) is 0 Å². The standard InChI is InChI=1S/C52H74N8O6/c1-35(53-5)49(61)57-47(51(63)59-29-17-23-41(59)33-55-45-27-15-21-39-19-9-11-25-43(39)45)37(3)65-31-13-7-8-14-32-66-38(4)48(58-50(62)36(2)54-6)52(64)60-30-18-24-42(60)34-56-46-28-16-22-40-20-10-12-26-44(40)46/h9-12,19-20,25-26,35-38,41-42,45-48,53-56H,15-18,21-24,27-34H2,1-6H3,(H,57,61)(H,58,62)/t35-,36+,37-,38-,41-,42-,45?,46?,47-,48-/m0/s1. The molecule has 6 N–H and O–H groups in total. The minimum Gasteiger partial charge on any atom is -0.363 e. The number of hydrogen-bond acceptors (Lipinski definition) is 10. The van der Waals surface area contributed by atoms with Gasteiger partial charge in [-0.2, -0.15) is 0 Å². The van der Waals surface area contributed by atoms with Gasteiger partial charge in [-0.3, -0.25) is 19.2 Å². The van der Waals surface area contributed by atoms with Gasteiger partial charge in [0.05, 0.1) is 24.3 Å². The second-order valence-corrected chi connectivity index (χ2v) is 18.4. The lowest BCUT2D eigenvalue weighted by Gasteiger charge is -2.34. The van der Waals surface area contributed by atoms with Crippen LogP contribution in [0.2, 0.25) is 0 Å². The van der Waals surface area contributed by atoms with Gasteiger partial charge in [0.25, 0.3) is 0 Å². The molecule has 2 aliphatic carbocycles. The molecule has 2 aromatic rings. The highest BCUT2D eigenvalue weighted by Crippen LogP contribution is 2.32. The molecule has 66 heavy (non-hydrogen) atoms. The second-order valence-electron chi connectivity index (χ2n) is 18.4. The van der Waals surface area contributed by atoms with Crippen LogP contribution in [0.15, 0.2) is 48.5 Å². The Morgan fingerprint density at radius 3 is 1.42 bits per heavy atom. The molecule has 4 amide bonds. The van der Waals surface area contributed by atoms with Crippen molar-refractivity contribution in [1.29, 1.82) is 0 Å². The van der Waals surface area contributed by atoms with Crippen LogP contribution < -0.4 is 31.9 Å². The molecule has 2 saturated heterocycles. The maximum atomic E-state index is 14.2. The number of nitrogens with zero attached hydrogens (tertiary/aromatic N) is 2. The first-order chi connectivity index (χ1) is 32.0. The van der Waals surface area contributed by atoms with Crippen molar-refractivity contribution in [3.8, 4) is 23.7 Å².